The third-order valence-corrected chi connectivity index (χ3v) is 3.31. The van der Waals surface area contributed by atoms with Crippen molar-refractivity contribution in [1.29, 1.82) is 0 Å². The van der Waals surface area contributed by atoms with Crippen LogP contribution >= 0.6 is 0 Å². The summed E-state index contributed by atoms with van der Waals surface area (Å²) in [5.41, 5.74) is -0.277. The Morgan fingerprint density at radius 3 is 2.48 bits per heavy atom. The molecule has 21 heavy (non-hydrogen) atoms. The Kier molecular flexibility index (Phi) is 4.38. The van der Waals surface area contributed by atoms with E-state index in [0.717, 1.165) is 12.8 Å². The Hall–Kier alpha value is -1.80. The average molecular weight is 298 g/mol. The van der Waals surface area contributed by atoms with Gasteiger partial charge in [-0.2, -0.15) is 5.10 Å². The second-order valence-corrected chi connectivity index (χ2v) is 6.17. The van der Waals surface area contributed by atoms with E-state index >= 15 is 0 Å². The molecule has 2 N–H and O–H groups in total. The number of hydrogen-bond donors (Lipinski definition) is 2. The molecule has 8 nitrogen and oxygen atoms in total. The summed E-state index contributed by atoms with van der Waals surface area (Å²) < 4.78 is 7.04. The molecule has 0 saturated carbocycles. The number of nitrogens with zero attached hydrogens (tertiary/aromatic N) is 4. The molecule has 1 fully saturated rings. The van der Waals surface area contributed by atoms with Crippen LogP contribution in [0, 0.1) is 0 Å². The summed E-state index contributed by atoms with van der Waals surface area (Å²) in [4.78, 5) is 13.6. The van der Waals surface area contributed by atoms with E-state index in [-0.39, 0.29) is 23.0 Å². The Balaban J connectivity index is 1.89. The molecule has 0 atom stereocenters. The highest BCUT2D eigenvalue weighted by Gasteiger charge is 2.27. The minimum Gasteiger partial charge on any atom is -0.444 e. The van der Waals surface area contributed by atoms with Gasteiger partial charge in [-0.1, -0.05) is 0 Å². The van der Waals surface area contributed by atoms with Crippen molar-refractivity contribution in [3.05, 3.63) is 12.4 Å². The van der Waals surface area contributed by atoms with Crippen molar-refractivity contribution in [2.45, 2.75) is 45.3 Å². The fourth-order valence-corrected chi connectivity index (χ4v) is 2.27. The van der Waals surface area contributed by atoms with Crippen molar-refractivity contribution in [3.63, 3.8) is 0 Å². The molecule has 0 bridgehead atoms. The molecule has 0 spiro atoms. The molecular weight excluding hydrogens is 276 g/mol. The molecule has 118 valence electrons. The van der Waals surface area contributed by atoms with E-state index in [2.05, 4.69) is 5.10 Å². The van der Waals surface area contributed by atoms with Crippen LogP contribution in [0.5, 0.6) is 0 Å². The maximum atomic E-state index is 12.0. The molecule has 2 heterocycles. The van der Waals surface area contributed by atoms with Gasteiger partial charge in [0.25, 0.3) is 0 Å². The summed E-state index contributed by atoms with van der Waals surface area (Å²) in [5.74, 6) is 0. The lowest BCUT2D eigenvalue weighted by molar-refractivity contribution is 0.0185. The fourth-order valence-electron chi connectivity index (χ4n) is 2.27. The van der Waals surface area contributed by atoms with Gasteiger partial charge in [0.05, 0.1) is 18.4 Å². The van der Waals surface area contributed by atoms with Crippen LogP contribution in [-0.4, -0.2) is 49.9 Å². The SMILES string of the molecule is CC(C)(C)OC(=O)N1CCC(n2cc(N(O)O)cn2)CC1. The molecule has 8 heteroatoms. The number of piperidine rings is 1. The Morgan fingerprint density at radius 2 is 2.00 bits per heavy atom. The summed E-state index contributed by atoms with van der Waals surface area (Å²) in [6, 6.07) is 0.136. The van der Waals surface area contributed by atoms with Gasteiger partial charge in [-0.25, -0.2) is 4.79 Å². The minimum atomic E-state index is -0.490. The van der Waals surface area contributed by atoms with E-state index in [4.69, 9.17) is 15.2 Å². The molecule has 1 aromatic heterocycles. The lowest BCUT2D eigenvalue weighted by atomic mass is 10.1. The molecule has 0 aromatic carbocycles. The first kappa shape index (κ1) is 15.6. The number of carbonyl (C=O) groups excluding carboxylic acids is 1. The number of ether oxygens (including phenoxy) is 1. The Bertz CT molecular complexity index is 487. The van der Waals surface area contributed by atoms with Crippen LogP contribution in [0.4, 0.5) is 10.5 Å². The van der Waals surface area contributed by atoms with Crippen LogP contribution in [0.15, 0.2) is 12.4 Å². The van der Waals surface area contributed by atoms with Crippen molar-refractivity contribution < 1.29 is 19.9 Å². The largest absolute Gasteiger partial charge is 0.444 e. The molecule has 2 rings (SSSR count). The van der Waals surface area contributed by atoms with Crippen LogP contribution in [0.2, 0.25) is 0 Å². The Morgan fingerprint density at radius 1 is 1.38 bits per heavy atom. The van der Waals surface area contributed by atoms with Gasteiger partial charge in [0.1, 0.15) is 11.3 Å². The van der Waals surface area contributed by atoms with Crippen LogP contribution < -0.4 is 5.23 Å². The molecule has 0 unspecified atom stereocenters. The molecule has 1 amide bonds. The first-order valence-corrected chi connectivity index (χ1v) is 6.96. The van der Waals surface area contributed by atoms with Gasteiger partial charge in [0, 0.05) is 13.1 Å². The summed E-state index contributed by atoms with van der Waals surface area (Å²) in [6.45, 7) is 6.73. The van der Waals surface area contributed by atoms with Gasteiger partial charge in [-0.15, -0.1) is 5.23 Å². The zero-order valence-corrected chi connectivity index (χ0v) is 12.6. The average Bonchev–Trinajstić information content (AvgIpc) is 2.86. The first-order chi connectivity index (χ1) is 9.76. The summed E-state index contributed by atoms with van der Waals surface area (Å²) >= 11 is 0. The van der Waals surface area contributed by atoms with Crippen LogP contribution in [-0.2, 0) is 4.74 Å². The predicted molar refractivity (Wildman–Crippen MR) is 74.4 cm³/mol. The smallest absolute Gasteiger partial charge is 0.410 e. The third-order valence-electron chi connectivity index (χ3n) is 3.31. The number of aromatic nitrogens is 2. The zero-order valence-electron chi connectivity index (χ0n) is 12.6. The lowest BCUT2D eigenvalue weighted by Gasteiger charge is -2.33. The second-order valence-electron chi connectivity index (χ2n) is 6.17. The van der Waals surface area contributed by atoms with Crippen LogP contribution in [0.25, 0.3) is 0 Å². The van der Waals surface area contributed by atoms with Crippen molar-refractivity contribution in [2.75, 3.05) is 18.3 Å². The van der Waals surface area contributed by atoms with E-state index < -0.39 is 5.60 Å². The van der Waals surface area contributed by atoms with Crippen molar-refractivity contribution in [2.24, 2.45) is 0 Å². The van der Waals surface area contributed by atoms with Crippen molar-refractivity contribution >= 4 is 11.8 Å². The van der Waals surface area contributed by atoms with Crippen molar-refractivity contribution in [1.82, 2.24) is 14.7 Å². The topological polar surface area (TPSA) is 91.1 Å². The molecule has 0 aliphatic carbocycles. The fraction of sp³-hybridized carbons (Fsp3) is 0.692. The molecule has 1 aromatic rings. The molecule has 0 radical (unpaired) electrons. The number of anilines is 1. The van der Waals surface area contributed by atoms with Crippen LogP contribution in [0.3, 0.4) is 0 Å². The molecule has 1 aliphatic rings. The highest BCUT2D eigenvalue weighted by atomic mass is 16.8. The number of hydrogen-bond acceptors (Lipinski definition) is 6. The standard InChI is InChI=1S/C13H22N4O4/c1-13(2,3)21-12(18)15-6-4-10(5-7-15)16-9-11(8-14-16)17(19)20/h8-10,19-20H,4-7H2,1-3H3. The normalized spacial score (nSPS) is 16.9. The quantitative estimate of drug-likeness (QED) is 0.812. The van der Waals surface area contributed by atoms with E-state index in [1.54, 1.807) is 15.8 Å². The second kappa shape index (κ2) is 5.90. The van der Waals surface area contributed by atoms with E-state index in [1.165, 1.54) is 6.20 Å². The van der Waals surface area contributed by atoms with Gasteiger partial charge in [0.2, 0.25) is 0 Å². The van der Waals surface area contributed by atoms with Gasteiger partial charge < -0.3 is 9.64 Å². The van der Waals surface area contributed by atoms with E-state index in [0.29, 0.717) is 13.1 Å². The molecule has 1 aliphatic heterocycles. The molecule has 1 saturated heterocycles. The van der Waals surface area contributed by atoms with E-state index in [9.17, 15) is 4.79 Å². The highest BCUT2D eigenvalue weighted by molar-refractivity contribution is 5.68. The maximum Gasteiger partial charge on any atom is 0.410 e. The number of amides is 1. The lowest BCUT2D eigenvalue weighted by Crippen LogP contribution is -2.42. The first-order valence-electron chi connectivity index (χ1n) is 6.96. The maximum absolute atomic E-state index is 12.0. The van der Waals surface area contributed by atoms with Gasteiger partial charge in [-0.05, 0) is 33.6 Å². The Labute approximate surface area is 123 Å². The van der Waals surface area contributed by atoms with Gasteiger partial charge in [-0.3, -0.25) is 15.1 Å². The van der Waals surface area contributed by atoms with Crippen molar-refractivity contribution in [3.8, 4) is 0 Å². The summed E-state index contributed by atoms with van der Waals surface area (Å²) in [5, 5.41) is 22.0. The summed E-state index contributed by atoms with van der Waals surface area (Å²) in [6.07, 6.45) is 4.14. The zero-order chi connectivity index (χ0) is 15.6. The van der Waals surface area contributed by atoms with E-state index in [1.807, 2.05) is 20.8 Å². The van der Waals surface area contributed by atoms with Gasteiger partial charge >= 0.3 is 6.09 Å². The minimum absolute atomic E-state index is 0.0410. The molecular formula is C13H22N4O4. The monoisotopic (exact) mass is 298 g/mol. The number of rotatable bonds is 2. The summed E-state index contributed by atoms with van der Waals surface area (Å²) in [7, 11) is 0. The number of carbonyl (C=O) groups is 1. The predicted octanol–water partition coefficient (Wildman–Crippen LogP) is 2.04. The van der Waals surface area contributed by atoms with Gasteiger partial charge in [0.15, 0.2) is 0 Å². The van der Waals surface area contributed by atoms with Crippen LogP contribution in [0.1, 0.15) is 39.7 Å². The highest BCUT2D eigenvalue weighted by Crippen LogP contribution is 2.24. The number of likely N-dealkylation sites (tertiary alicyclic amines) is 1. The third kappa shape index (κ3) is 4.08.